The van der Waals surface area contributed by atoms with Crippen LogP contribution in [0.15, 0.2) is 41.3 Å². The molecule has 2 aromatic carbocycles. The van der Waals surface area contributed by atoms with Crippen molar-refractivity contribution in [2.24, 2.45) is 0 Å². The first-order valence-corrected chi connectivity index (χ1v) is 9.05. The normalized spacial score (nSPS) is 13.6. The van der Waals surface area contributed by atoms with E-state index < -0.39 is 10.0 Å². The molecule has 0 saturated carbocycles. The second kappa shape index (κ2) is 7.41. The van der Waals surface area contributed by atoms with Crippen molar-refractivity contribution in [3.63, 3.8) is 0 Å². The second-order valence-corrected chi connectivity index (χ2v) is 7.40. The van der Waals surface area contributed by atoms with Crippen molar-refractivity contribution in [2.75, 3.05) is 30.8 Å². The first-order chi connectivity index (χ1) is 11.5. The molecule has 2 aromatic rings. The van der Waals surface area contributed by atoms with Crippen LogP contribution in [-0.4, -0.2) is 29.2 Å². The average molecular weight is 385 g/mol. The standard InChI is InChI=1S/C17H20N2O4S.ClH/c1-22-16-9-8-12(11-17(16)23-2)24(20,21)19-10-4-5-13-14(18)6-3-7-15(13)19;/h3,6-9,11H,4-5,10,18H2,1-2H3;1H. The number of halogens is 1. The fourth-order valence-corrected chi connectivity index (χ4v) is 4.52. The largest absolute Gasteiger partial charge is 0.493 e. The lowest BCUT2D eigenvalue weighted by Crippen LogP contribution is -2.35. The van der Waals surface area contributed by atoms with Gasteiger partial charge in [-0.2, -0.15) is 0 Å². The molecule has 0 spiro atoms. The summed E-state index contributed by atoms with van der Waals surface area (Å²) in [5.74, 6) is 0.864. The third-order valence-corrected chi connectivity index (χ3v) is 6.00. The van der Waals surface area contributed by atoms with Crippen molar-refractivity contribution in [3.8, 4) is 11.5 Å². The first kappa shape index (κ1) is 19.2. The van der Waals surface area contributed by atoms with Gasteiger partial charge < -0.3 is 15.2 Å². The van der Waals surface area contributed by atoms with Gasteiger partial charge >= 0.3 is 0 Å². The van der Waals surface area contributed by atoms with E-state index >= 15 is 0 Å². The Balaban J connectivity index is 0.00000225. The predicted octanol–water partition coefficient (Wildman–Crippen LogP) is 2.85. The van der Waals surface area contributed by atoms with Crippen molar-refractivity contribution in [1.29, 1.82) is 0 Å². The van der Waals surface area contributed by atoms with Gasteiger partial charge in [0.15, 0.2) is 11.5 Å². The summed E-state index contributed by atoms with van der Waals surface area (Å²) in [4.78, 5) is 0.162. The van der Waals surface area contributed by atoms with E-state index in [-0.39, 0.29) is 17.3 Å². The summed E-state index contributed by atoms with van der Waals surface area (Å²) >= 11 is 0. The van der Waals surface area contributed by atoms with Gasteiger partial charge in [0.2, 0.25) is 0 Å². The maximum absolute atomic E-state index is 13.1. The molecule has 0 saturated heterocycles. The summed E-state index contributed by atoms with van der Waals surface area (Å²) in [6, 6.07) is 9.97. The molecule has 0 aromatic heterocycles. The monoisotopic (exact) mass is 384 g/mol. The lowest BCUT2D eigenvalue weighted by Gasteiger charge is -2.31. The molecular weight excluding hydrogens is 364 g/mol. The molecule has 2 N–H and O–H groups in total. The molecule has 1 aliphatic rings. The third kappa shape index (κ3) is 3.34. The third-order valence-electron chi connectivity index (χ3n) is 4.19. The molecule has 0 unspecified atom stereocenters. The number of rotatable bonds is 4. The smallest absolute Gasteiger partial charge is 0.264 e. The number of nitrogens with two attached hydrogens (primary N) is 1. The minimum Gasteiger partial charge on any atom is -0.493 e. The molecular formula is C17H21ClN2O4S. The van der Waals surface area contributed by atoms with Crippen LogP contribution in [0.25, 0.3) is 0 Å². The van der Waals surface area contributed by atoms with Crippen molar-refractivity contribution in [1.82, 2.24) is 0 Å². The lowest BCUT2D eigenvalue weighted by molar-refractivity contribution is 0.354. The zero-order valence-electron chi connectivity index (χ0n) is 14.1. The molecule has 0 aliphatic carbocycles. The molecule has 1 heterocycles. The molecule has 136 valence electrons. The van der Waals surface area contributed by atoms with Crippen molar-refractivity contribution >= 4 is 33.8 Å². The summed E-state index contributed by atoms with van der Waals surface area (Å²) in [6.45, 7) is 0.424. The van der Waals surface area contributed by atoms with Crippen LogP contribution in [0, 0.1) is 0 Å². The van der Waals surface area contributed by atoms with E-state index in [2.05, 4.69) is 0 Å². The molecule has 1 aliphatic heterocycles. The van der Waals surface area contributed by atoms with Crippen LogP contribution >= 0.6 is 12.4 Å². The number of benzene rings is 2. The second-order valence-electron chi connectivity index (χ2n) is 5.54. The van der Waals surface area contributed by atoms with Gasteiger partial charge in [-0.25, -0.2) is 8.42 Å². The van der Waals surface area contributed by atoms with Crippen molar-refractivity contribution in [3.05, 3.63) is 42.0 Å². The van der Waals surface area contributed by atoms with E-state index in [1.54, 1.807) is 24.3 Å². The maximum atomic E-state index is 13.1. The molecule has 0 amide bonds. The number of hydrogen-bond acceptors (Lipinski definition) is 5. The summed E-state index contributed by atoms with van der Waals surface area (Å²) < 4.78 is 38.0. The van der Waals surface area contributed by atoms with Gasteiger partial charge in [0, 0.05) is 18.3 Å². The van der Waals surface area contributed by atoms with E-state index in [1.807, 2.05) is 0 Å². The molecule has 3 rings (SSSR count). The van der Waals surface area contributed by atoms with E-state index in [1.165, 1.54) is 30.7 Å². The number of fused-ring (bicyclic) bond motifs is 1. The Labute approximate surface area is 154 Å². The molecule has 8 heteroatoms. The number of anilines is 2. The highest BCUT2D eigenvalue weighted by atomic mass is 35.5. The minimum atomic E-state index is -3.71. The van der Waals surface area contributed by atoms with Crippen LogP contribution in [0.1, 0.15) is 12.0 Å². The molecule has 0 bridgehead atoms. The van der Waals surface area contributed by atoms with Gasteiger partial charge in [-0.3, -0.25) is 4.31 Å². The van der Waals surface area contributed by atoms with Gasteiger partial charge in [-0.05, 0) is 42.7 Å². The quantitative estimate of drug-likeness (QED) is 0.819. The van der Waals surface area contributed by atoms with Gasteiger partial charge in [0.1, 0.15) is 0 Å². The number of ether oxygens (including phenoxy) is 2. The number of sulfonamides is 1. The maximum Gasteiger partial charge on any atom is 0.264 e. The highest BCUT2D eigenvalue weighted by Crippen LogP contribution is 2.37. The average Bonchev–Trinajstić information content (AvgIpc) is 2.61. The number of nitrogen functional groups attached to an aromatic ring is 1. The van der Waals surface area contributed by atoms with Crippen molar-refractivity contribution < 1.29 is 17.9 Å². The fourth-order valence-electron chi connectivity index (χ4n) is 2.97. The summed E-state index contributed by atoms with van der Waals surface area (Å²) in [7, 11) is -0.721. The lowest BCUT2D eigenvalue weighted by atomic mass is 10.0. The first-order valence-electron chi connectivity index (χ1n) is 7.61. The predicted molar refractivity (Wildman–Crippen MR) is 101 cm³/mol. The van der Waals surface area contributed by atoms with E-state index in [0.717, 1.165) is 18.4 Å². The van der Waals surface area contributed by atoms with Gasteiger partial charge in [-0.1, -0.05) is 6.07 Å². The molecule has 0 atom stereocenters. The number of hydrogen-bond donors (Lipinski definition) is 1. The molecule has 0 fully saturated rings. The van der Waals surface area contributed by atoms with Crippen LogP contribution in [0.3, 0.4) is 0 Å². The zero-order chi connectivity index (χ0) is 17.3. The SMILES string of the molecule is COc1ccc(S(=O)(=O)N2CCCc3c(N)cccc32)cc1OC.Cl. The Bertz CT molecular complexity index is 871. The van der Waals surface area contributed by atoms with Crippen molar-refractivity contribution in [2.45, 2.75) is 17.7 Å². The Morgan fingerprint density at radius 2 is 1.80 bits per heavy atom. The minimum absolute atomic E-state index is 0. The van der Waals surface area contributed by atoms with Gasteiger partial charge in [0.25, 0.3) is 10.0 Å². The van der Waals surface area contributed by atoms with E-state index in [9.17, 15) is 8.42 Å². The Hall–Kier alpha value is -2.12. The van der Waals surface area contributed by atoms with Crippen LogP contribution in [0.2, 0.25) is 0 Å². The van der Waals surface area contributed by atoms with E-state index in [4.69, 9.17) is 15.2 Å². The highest BCUT2D eigenvalue weighted by Gasteiger charge is 2.30. The number of methoxy groups -OCH3 is 2. The zero-order valence-corrected chi connectivity index (χ0v) is 15.7. The highest BCUT2D eigenvalue weighted by molar-refractivity contribution is 7.92. The summed E-state index contributed by atoms with van der Waals surface area (Å²) in [6.07, 6.45) is 1.51. The van der Waals surface area contributed by atoms with Gasteiger partial charge in [0.05, 0.1) is 24.8 Å². The van der Waals surface area contributed by atoms with Crippen LogP contribution in [0.4, 0.5) is 11.4 Å². The molecule has 25 heavy (non-hydrogen) atoms. The van der Waals surface area contributed by atoms with Crippen LogP contribution in [-0.2, 0) is 16.4 Å². The summed E-state index contributed by atoms with van der Waals surface area (Å²) in [5.41, 5.74) is 8.17. The molecule has 0 radical (unpaired) electrons. The Morgan fingerprint density at radius 3 is 2.48 bits per heavy atom. The van der Waals surface area contributed by atoms with Crippen LogP contribution in [0.5, 0.6) is 11.5 Å². The number of nitrogens with zero attached hydrogens (tertiary/aromatic N) is 1. The van der Waals surface area contributed by atoms with Crippen LogP contribution < -0.4 is 19.5 Å². The Kier molecular flexibility index (Phi) is 5.69. The fraction of sp³-hybridized carbons (Fsp3) is 0.294. The topological polar surface area (TPSA) is 81.9 Å². The summed E-state index contributed by atoms with van der Waals surface area (Å²) in [5, 5.41) is 0. The Morgan fingerprint density at radius 1 is 1.08 bits per heavy atom. The molecule has 6 nitrogen and oxygen atoms in total. The van der Waals surface area contributed by atoms with E-state index in [0.29, 0.717) is 29.4 Å². The van der Waals surface area contributed by atoms with Gasteiger partial charge in [-0.15, -0.1) is 12.4 Å².